The van der Waals surface area contributed by atoms with Crippen molar-refractivity contribution in [3.63, 3.8) is 0 Å². The van der Waals surface area contributed by atoms with E-state index in [1.165, 1.54) is 0 Å². The van der Waals surface area contributed by atoms with Gasteiger partial charge in [-0.2, -0.15) is 0 Å². The summed E-state index contributed by atoms with van der Waals surface area (Å²) < 4.78 is 5.53. The molecule has 88 valence electrons. The molecule has 0 aliphatic rings. The lowest BCUT2D eigenvalue weighted by atomic mass is 10.1. The Morgan fingerprint density at radius 1 is 1.35 bits per heavy atom. The lowest BCUT2D eigenvalue weighted by Crippen LogP contribution is -1.97. The molecule has 0 saturated heterocycles. The first-order valence-corrected chi connectivity index (χ1v) is 5.60. The molecule has 2 aromatic heterocycles. The highest BCUT2D eigenvalue weighted by Gasteiger charge is 2.04. The van der Waals surface area contributed by atoms with Gasteiger partial charge in [0.1, 0.15) is 11.6 Å². The van der Waals surface area contributed by atoms with Crippen LogP contribution >= 0.6 is 0 Å². The van der Waals surface area contributed by atoms with Gasteiger partial charge in [0, 0.05) is 23.5 Å². The topological polar surface area (TPSA) is 61.0 Å². The minimum atomic E-state index is 0.502. The van der Waals surface area contributed by atoms with E-state index in [4.69, 9.17) is 10.5 Å². The molecule has 4 heteroatoms. The van der Waals surface area contributed by atoms with Gasteiger partial charge in [0.15, 0.2) is 0 Å². The average Bonchev–Trinajstić information content (AvgIpc) is 2.37. The summed E-state index contributed by atoms with van der Waals surface area (Å²) in [6.07, 6.45) is 6.10. The Balaban J connectivity index is 2.30. The van der Waals surface area contributed by atoms with E-state index in [-0.39, 0.29) is 0 Å². The van der Waals surface area contributed by atoms with Gasteiger partial charge in [0.2, 0.25) is 0 Å². The zero-order valence-corrected chi connectivity index (χ0v) is 9.76. The fourth-order valence-electron chi connectivity index (χ4n) is 1.53. The fourth-order valence-corrected chi connectivity index (χ4v) is 1.53. The molecule has 0 unspecified atom stereocenters. The summed E-state index contributed by atoms with van der Waals surface area (Å²) in [5.41, 5.74) is 7.62. The molecule has 0 saturated carbocycles. The van der Waals surface area contributed by atoms with Crippen molar-refractivity contribution in [3.8, 4) is 16.9 Å². The SMILES string of the molecule is CCCOc1cncc(-c2cccnc2N)c1. The van der Waals surface area contributed by atoms with E-state index in [0.29, 0.717) is 12.4 Å². The minimum absolute atomic E-state index is 0.502. The van der Waals surface area contributed by atoms with Crippen molar-refractivity contribution in [1.29, 1.82) is 0 Å². The molecule has 0 amide bonds. The smallest absolute Gasteiger partial charge is 0.138 e. The maximum absolute atomic E-state index is 5.82. The number of hydrogen-bond donors (Lipinski definition) is 1. The molecule has 0 spiro atoms. The van der Waals surface area contributed by atoms with Crippen LogP contribution in [0.2, 0.25) is 0 Å². The second kappa shape index (κ2) is 5.30. The summed E-state index contributed by atoms with van der Waals surface area (Å²) in [6, 6.07) is 5.70. The van der Waals surface area contributed by atoms with Crippen LogP contribution in [-0.4, -0.2) is 16.6 Å². The first kappa shape index (κ1) is 11.4. The fraction of sp³-hybridized carbons (Fsp3) is 0.231. The van der Waals surface area contributed by atoms with Crippen molar-refractivity contribution in [3.05, 3.63) is 36.8 Å². The molecule has 0 aromatic carbocycles. The molecule has 17 heavy (non-hydrogen) atoms. The molecular formula is C13H15N3O. The second-order valence-corrected chi connectivity index (χ2v) is 3.69. The first-order valence-electron chi connectivity index (χ1n) is 5.60. The van der Waals surface area contributed by atoms with Crippen molar-refractivity contribution in [2.75, 3.05) is 12.3 Å². The molecule has 2 aromatic rings. The highest BCUT2D eigenvalue weighted by atomic mass is 16.5. The standard InChI is InChI=1S/C13H15N3O/c1-2-6-17-11-7-10(8-15-9-11)12-4-3-5-16-13(12)14/h3-5,7-9H,2,6H2,1H3,(H2,14,16). The Kier molecular flexibility index (Phi) is 3.55. The molecule has 0 aliphatic heterocycles. The summed E-state index contributed by atoms with van der Waals surface area (Å²) in [7, 11) is 0. The number of nitrogens with two attached hydrogens (primary N) is 1. The van der Waals surface area contributed by atoms with Crippen LogP contribution in [0, 0.1) is 0 Å². The van der Waals surface area contributed by atoms with Crippen molar-refractivity contribution in [2.45, 2.75) is 13.3 Å². The normalized spacial score (nSPS) is 10.2. The summed E-state index contributed by atoms with van der Waals surface area (Å²) in [6.45, 7) is 2.75. The number of hydrogen-bond acceptors (Lipinski definition) is 4. The van der Waals surface area contributed by atoms with E-state index in [1.54, 1.807) is 18.6 Å². The Morgan fingerprint density at radius 3 is 3.00 bits per heavy atom. The van der Waals surface area contributed by atoms with Crippen LogP contribution in [0.4, 0.5) is 5.82 Å². The third-order valence-corrected chi connectivity index (χ3v) is 2.34. The largest absolute Gasteiger partial charge is 0.492 e. The molecule has 2 heterocycles. The van der Waals surface area contributed by atoms with Gasteiger partial charge in [-0.3, -0.25) is 4.98 Å². The Morgan fingerprint density at radius 2 is 2.24 bits per heavy atom. The molecule has 0 atom stereocenters. The highest BCUT2D eigenvalue weighted by molar-refractivity contribution is 5.73. The lowest BCUT2D eigenvalue weighted by molar-refractivity contribution is 0.316. The van der Waals surface area contributed by atoms with Crippen LogP contribution < -0.4 is 10.5 Å². The van der Waals surface area contributed by atoms with Crippen LogP contribution in [0.25, 0.3) is 11.1 Å². The summed E-state index contributed by atoms with van der Waals surface area (Å²) in [4.78, 5) is 8.20. The third kappa shape index (κ3) is 2.72. The third-order valence-electron chi connectivity index (χ3n) is 2.34. The number of anilines is 1. The maximum atomic E-state index is 5.82. The highest BCUT2D eigenvalue weighted by Crippen LogP contribution is 2.25. The van der Waals surface area contributed by atoms with Crippen molar-refractivity contribution in [2.24, 2.45) is 0 Å². The zero-order chi connectivity index (χ0) is 12.1. The van der Waals surface area contributed by atoms with E-state index in [1.807, 2.05) is 18.2 Å². The van der Waals surface area contributed by atoms with Gasteiger partial charge in [-0.25, -0.2) is 4.98 Å². The monoisotopic (exact) mass is 229 g/mol. The number of ether oxygens (including phenoxy) is 1. The molecule has 2 N–H and O–H groups in total. The van der Waals surface area contributed by atoms with Crippen LogP contribution in [0.1, 0.15) is 13.3 Å². The van der Waals surface area contributed by atoms with Crippen LogP contribution in [-0.2, 0) is 0 Å². The van der Waals surface area contributed by atoms with E-state index < -0.39 is 0 Å². The van der Waals surface area contributed by atoms with E-state index in [0.717, 1.165) is 23.3 Å². The van der Waals surface area contributed by atoms with Gasteiger partial charge in [-0.15, -0.1) is 0 Å². The first-order chi connectivity index (χ1) is 8.31. The lowest BCUT2D eigenvalue weighted by Gasteiger charge is -2.07. The van der Waals surface area contributed by atoms with Crippen LogP contribution in [0.3, 0.4) is 0 Å². The molecule has 0 bridgehead atoms. The van der Waals surface area contributed by atoms with Crippen LogP contribution in [0.15, 0.2) is 36.8 Å². The van der Waals surface area contributed by atoms with E-state index in [2.05, 4.69) is 16.9 Å². The van der Waals surface area contributed by atoms with Gasteiger partial charge in [-0.1, -0.05) is 6.92 Å². The number of nitrogen functional groups attached to an aromatic ring is 1. The number of rotatable bonds is 4. The predicted octanol–water partition coefficient (Wildman–Crippen LogP) is 2.51. The molecule has 4 nitrogen and oxygen atoms in total. The Hall–Kier alpha value is -2.10. The zero-order valence-electron chi connectivity index (χ0n) is 9.76. The van der Waals surface area contributed by atoms with Gasteiger partial charge in [-0.05, 0) is 24.6 Å². The molecular weight excluding hydrogens is 214 g/mol. The average molecular weight is 229 g/mol. The quantitative estimate of drug-likeness (QED) is 0.875. The maximum Gasteiger partial charge on any atom is 0.138 e. The summed E-state index contributed by atoms with van der Waals surface area (Å²) in [5, 5.41) is 0. The Bertz CT molecular complexity index is 500. The second-order valence-electron chi connectivity index (χ2n) is 3.69. The number of aromatic nitrogens is 2. The summed E-state index contributed by atoms with van der Waals surface area (Å²) in [5.74, 6) is 1.26. The van der Waals surface area contributed by atoms with Crippen molar-refractivity contribution >= 4 is 5.82 Å². The van der Waals surface area contributed by atoms with Gasteiger partial charge >= 0.3 is 0 Å². The minimum Gasteiger partial charge on any atom is -0.492 e. The van der Waals surface area contributed by atoms with Gasteiger partial charge in [0.25, 0.3) is 0 Å². The molecule has 0 fully saturated rings. The van der Waals surface area contributed by atoms with E-state index in [9.17, 15) is 0 Å². The van der Waals surface area contributed by atoms with Crippen molar-refractivity contribution in [1.82, 2.24) is 9.97 Å². The van der Waals surface area contributed by atoms with Gasteiger partial charge in [0.05, 0.1) is 12.8 Å². The predicted molar refractivity (Wildman–Crippen MR) is 67.7 cm³/mol. The molecule has 2 rings (SSSR count). The van der Waals surface area contributed by atoms with Crippen LogP contribution in [0.5, 0.6) is 5.75 Å². The van der Waals surface area contributed by atoms with E-state index >= 15 is 0 Å². The molecule has 0 radical (unpaired) electrons. The van der Waals surface area contributed by atoms with Crippen molar-refractivity contribution < 1.29 is 4.74 Å². The Labute approximate surface area is 100 Å². The number of pyridine rings is 2. The van der Waals surface area contributed by atoms with Gasteiger partial charge < -0.3 is 10.5 Å². The molecule has 0 aliphatic carbocycles. The number of nitrogens with zero attached hydrogens (tertiary/aromatic N) is 2. The summed E-state index contributed by atoms with van der Waals surface area (Å²) >= 11 is 0.